The van der Waals surface area contributed by atoms with Crippen LogP contribution in [0.5, 0.6) is 0 Å². The van der Waals surface area contributed by atoms with E-state index in [1.807, 2.05) is 53.4 Å². The lowest BCUT2D eigenvalue weighted by molar-refractivity contribution is 0.848. The van der Waals surface area contributed by atoms with E-state index in [4.69, 9.17) is 11.6 Å². The van der Waals surface area contributed by atoms with Crippen molar-refractivity contribution in [2.45, 2.75) is 12.8 Å². The van der Waals surface area contributed by atoms with E-state index in [1.54, 1.807) is 12.5 Å². The molecule has 3 heterocycles. The van der Waals surface area contributed by atoms with E-state index in [2.05, 4.69) is 25.3 Å². The van der Waals surface area contributed by atoms with Gasteiger partial charge >= 0.3 is 0 Å². The fraction of sp³-hybridized carbons (Fsp3) is 0.158. The molecule has 26 heavy (non-hydrogen) atoms. The molecule has 3 aromatic heterocycles. The Bertz CT molecular complexity index is 1010. The summed E-state index contributed by atoms with van der Waals surface area (Å²) in [5.41, 5.74) is 3.12. The van der Waals surface area contributed by atoms with E-state index in [9.17, 15) is 0 Å². The molecule has 0 amide bonds. The topological polar surface area (TPSA) is 68.5 Å². The normalized spacial score (nSPS) is 11.0. The molecule has 0 saturated heterocycles. The minimum absolute atomic E-state index is 0.482. The first-order chi connectivity index (χ1) is 12.8. The van der Waals surface area contributed by atoms with Gasteiger partial charge in [-0.2, -0.15) is 4.98 Å². The Morgan fingerprint density at radius 3 is 2.77 bits per heavy atom. The second kappa shape index (κ2) is 7.49. The summed E-state index contributed by atoms with van der Waals surface area (Å²) in [4.78, 5) is 17.3. The van der Waals surface area contributed by atoms with E-state index in [0.29, 0.717) is 16.8 Å². The van der Waals surface area contributed by atoms with Crippen LogP contribution in [-0.2, 0) is 6.42 Å². The number of aryl methyl sites for hydroxylation is 1. The molecule has 0 fully saturated rings. The van der Waals surface area contributed by atoms with Crippen LogP contribution in [0.1, 0.15) is 12.0 Å². The first-order valence-corrected chi connectivity index (χ1v) is 8.77. The molecule has 0 aliphatic carbocycles. The molecule has 0 atom stereocenters. The van der Waals surface area contributed by atoms with Crippen LogP contribution in [0.3, 0.4) is 0 Å². The first-order valence-electron chi connectivity index (χ1n) is 8.39. The van der Waals surface area contributed by atoms with Gasteiger partial charge in [-0.05, 0) is 42.7 Å². The highest BCUT2D eigenvalue weighted by molar-refractivity contribution is 6.32. The molecule has 7 heteroatoms. The smallest absolute Gasteiger partial charge is 0.224 e. The van der Waals surface area contributed by atoms with Gasteiger partial charge in [0.05, 0.1) is 17.2 Å². The van der Waals surface area contributed by atoms with E-state index in [-0.39, 0.29) is 0 Å². The van der Waals surface area contributed by atoms with Crippen LogP contribution in [0.2, 0.25) is 5.02 Å². The van der Waals surface area contributed by atoms with Crippen LogP contribution in [0.25, 0.3) is 16.9 Å². The van der Waals surface area contributed by atoms with Crippen LogP contribution < -0.4 is 5.32 Å². The molecule has 1 N–H and O–H groups in total. The standard InChI is InChI=1S/C19H17ClN6/c20-15-12-23-19(22-9-3-4-14-7-10-21-11-8-14)25-18(15)26-13-24-16-5-1-2-6-17(16)26/h1-2,5-8,10-13H,3-4,9H2,(H,22,23,25). The number of hydrogen-bond acceptors (Lipinski definition) is 5. The van der Waals surface area contributed by atoms with Gasteiger partial charge in [-0.15, -0.1) is 0 Å². The number of nitrogens with zero attached hydrogens (tertiary/aromatic N) is 5. The Morgan fingerprint density at radius 1 is 1.04 bits per heavy atom. The molecule has 0 unspecified atom stereocenters. The van der Waals surface area contributed by atoms with Crippen LogP contribution >= 0.6 is 11.6 Å². The lowest BCUT2D eigenvalue weighted by Crippen LogP contribution is -2.08. The zero-order valence-corrected chi connectivity index (χ0v) is 14.8. The summed E-state index contributed by atoms with van der Waals surface area (Å²) in [5.74, 6) is 1.17. The third-order valence-corrected chi connectivity index (χ3v) is 4.35. The average Bonchev–Trinajstić information content (AvgIpc) is 3.11. The SMILES string of the molecule is Clc1cnc(NCCCc2ccncc2)nc1-n1cnc2ccccc21. The van der Waals surface area contributed by atoms with E-state index in [0.717, 1.165) is 30.4 Å². The molecule has 4 aromatic rings. The van der Waals surface area contributed by atoms with Crippen LogP contribution in [0, 0.1) is 0 Å². The van der Waals surface area contributed by atoms with Crippen molar-refractivity contribution < 1.29 is 0 Å². The van der Waals surface area contributed by atoms with Crippen molar-refractivity contribution in [1.29, 1.82) is 0 Å². The Labute approximate surface area is 155 Å². The minimum atomic E-state index is 0.482. The van der Waals surface area contributed by atoms with Crippen molar-refractivity contribution >= 4 is 28.6 Å². The number of pyridine rings is 1. The molecule has 130 valence electrons. The number of imidazole rings is 1. The third kappa shape index (κ3) is 3.50. The third-order valence-electron chi connectivity index (χ3n) is 4.08. The number of rotatable bonds is 6. The summed E-state index contributed by atoms with van der Waals surface area (Å²) in [5, 5.41) is 3.74. The van der Waals surface area contributed by atoms with Gasteiger partial charge in [-0.3, -0.25) is 9.55 Å². The maximum Gasteiger partial charge on any atom is 0.224 e. The molecule has 0 aliphatic rings. The van der Waals surface area contributed by atoms with Gasteiger partial charge in [0, 0.05) is 18.9 Å². The molecular formula is C19H17ClN6. The maximum atomic E-state index is 6.32. The lowest BCUT2D eigenvalue weighted by atomic mass is 10.1. The summed E-state index contributed by atoms with van der Waals surface area (Å²) >= 11 is 6.32. The summed E-state index contributed by atoms with van der Waals surface area (Å²) in [6.45, 7) is 0.772. The summed E-state index contributed by atoms with van der Waals surface area (Å²) in [6, 6.07) is 11.9. The van der Waals surface area contributed by atoms with E-state index in [1.165, 1.54) is 5.56 Å². The van der Waals surface area contributed by atoms with Gasteiger partial charge < -0.3 is 5.32 Å². The monoisotopic (exact) mass is 364 g/mol. The molecule has 0 spiro atoms. The maximum absolute atomic E-state index is 6.32. The highest BCUT2D eigenvalue weighted by Crippen LogP contribution is 2.23. The Balaban J connectivity index is 1.48. The molecular weight excluding hydrogens is 348 g/mol. The van der Waals surface area contributed by atoms with Gasteiger partial charge in [-0.1, -0.05) is 23.7 Å². The summed E-state index contributed by atoms with van der Waals surface area (Å²) in [6.07, 6.45) is 8.91. The number of para-hydroxylation sites is 2. The quantitative estimate of drug-likeness (QED) is 0.525. The molecule has 1 aromatic carbocycles. The number of aromatic nitrogens is 5. The molecule has 4 rings (SSSR count). The lowest BCUT2D eigenvalue weighted by Gasteiger charge is -2.09. The van der Waals surface area contributed by atoms with E-state index >= 15 is 0 Å². The number of benzene rings is 1. The number of anilines is 1. The summed E-state index contributed by atoms with van der Waals surface area (Å²) < 4.78 is 1.88. The molecule has 0 radical (unpaired) electrons. The minimum Gasteiger partial charge on any atom is -0.354 e. The second-order valence-electron chi connectivity index (χ2n) is 5.85. The predicted octanol–water partition coefficient (Wildman–Crippen LogP) is 3.91. The fourth-order valence-electron chi connectivity index (χ4n) is 2.78. The molecule has 0 saturated carbocycles. The Kier molecular flexibility index (Phi) is 4.75. The van der Waals surface area contributed by atoms with Gasteiger partial charge in [0.2, 0.25) is 5.95 Å². The second-order valence-corrected chi connectivity index (χ2v) is 6.26. The van der Waals surface area contributed by atoms with Crippen molar-refractivity contribution in [2.24, 2.45) is 0 Å². The van der Waals surface area contributed by atoms with Gasteiger partial charge in [-0.25, -0.2) is 9.97 Å². The van der Waals surface area contributed by atoms with Crippen LogP contribution in [0.15, 0.2) is 61.3 Å². The summed E-state index contributed by atoms with van der Waals surface area (Å²) in [7, 11) is 0. The number of halogens is 1. The zero-order chi connectivity index (χ0) is 17.8. The number of nitrogens with one attached hydrogen (secondary N) is 1. The van der Waals surface area contributed by atoms with Crippen molar-refractivity contribution in [2.75, 3.05) is 11.9 Å². The van der Waals surface area contributed by atoms with Crippen LogP contribution in [-0.4, -0.2) is 31.0 Å². The van der Waals surface area contributed by atoms with Gasteiger partial charge in [0.1, 0.15) is 11.3 Å². The van der Waals surface area contributed by atoms with Crippen LogP contribution in [0.4, 0.5) is 5.95 Å². The Hall–Kier alpha value is -2.99. The van der Waals surface area contributed by atoms with E-state index < -0.39 is 0 Å². The molecule has 0 bridgehead atoms. The number of hydrogen-bond donors (Lipinski definition) is 1. The van der Waals surface area contributed by atoms with Crippen molar-refractivity contribution in [1.82, 2.24) is 24.5 Å². The largest absolute Gasteiger partial charge is 0.354 e. The Morgan fingerprint density at radius 2 is 1.88 bits per heavy atom. The zero-order valence-electron chi connectivity index (χ0n) is 14.0. The highest BCUT2D eigenvalue weighted by Gasteiger charge is 2.11. The van der Waals surface area contributed by atoms with Crippen molar-refractivity contribution in [3.8, 4) is 5.82 Å². The highest BCUT2D eigenvalue weighted by atomic mass is 35.5. The van der Waals surface area contributed by atoms with Gasteiger partial charge in [0.25, 0.3) is 0 Å². The first kappa shape index (κ1) is 16.5. The average molecular weight is 365 g/mol. The fourth-order valence-corrected chi connectivity index (χ4v) is 2.96. The van der Waals surface area contributed by atoms with Crippen molar-refractivity contribution in [3.05, 3.63) is 71.9 Å². The van der Waals surface area contributed by atoms with Crippen molar-refractivity contribution in [3.63, 3.8) is 0 Å². The predicted molar refractivity (Wildman–Crippen MR) is 103 cm³/mol. The molecule has 6 nitrogen and oxygen atoms in total. The van der Waals surface area contributed by atoms with Gasteiger partial charge in [0.15, 0.2) is 5.82 Å². The number of fused-ring (bicyclic) bond motifs is 1. The molecule has 0 aliphatic heterocycles.